The number of nitrogens with zero attached hydrogens (tertiary/aromatic N) is 2. The minimum atomic E-state index is -0.842. The Labute approximate surface area is 209 Å². The third kappa shape index (κ3) is 5.37. The molecule has 4 rings (SSSR count). The minimum Gasteiger partial charge on any atom is -0.507 e. The monoisotopic (exact) mass is 498 g/mol. The van der Waals surface area contributed by atoms with Crippen molar-refractivity contribution in [3.63, 3.8) is 0 Å². The number of methoxy groups -OCH3 is 1. The molecule has 2 heterocycles. The second-order valence-electron chi connectivity index (χ2n) is 8.71. The number of aliphatic hydroxyl groups is 1. The Balaban J connectivity index is 1.75. The van der Waals surface area contributed by atoms with Crippen molar-refractivity contribution in [2.45, 2.75) is 19.4 Å². The lowest BCUT2D eigenvalue weighted by Crippen LogP contribution is -2.42. The van der Waals surface area contributed by atoms with E-state index >= 15 is 0 Å². The number of Topliss-reactive ketones (excluding diaryl/α,β-unsaturated/α-hetero) is 1. The molecule has 8 nitrogen and oxygen atoms in total. The molecule has 2 saturated heterocycles. The van der Waals surface area contributed by atoms with E-state index in [1.165, 1.54) is 36.3 Å². The summed E-state index contributed by atoms with van der Waals surface area (Å²) < 4.78 is 30.2. The Morgan fingerprint density at radius 1 is 1.08 bits per heavy atom. The summed E-state index contributed by atoms with van der Waals surface area (Å²) in [5.74, 6) is -1.29. The zero-order valence-electron chi connectivity index (χ0n) is 20.5. The topological polar surface area (TPSA) is 88.5 Å². The van der Waals surface area contributed by atoms with E-state index in [0.717, 1.165) is 19.5 Å². The molecule has 0 spiro atoms. The first-order valence-electron chi connectivity index (χ1n) is 12.1. The van der Waals surface area contributed by atoms with Crippen LogP contribution in [0.25, 0.3) is 5.76 Å². The third-order valence-corrected chi connectivity index (χ3v) is 6.38. The Bertz CT molecular complexity index is 1130. The van der Waals surface area contributed by atoms with Gasteiger partial charge in [-0.15, -0.1) is 0 Å². The van der Waals surface area contributed by atoms with Gasteiger partial charge in [-0.25, -0.2) is 4.39 Å². The zero-order chi connectivity index (χ0) is 25.7. The van der Waals surface area contributed by atoms with Crippen LogP contribution >= 0.6 is 0 Å². The van der Waals surface area contributed by atoms with Crippen molar-refractivity contribution in [1.29, 1.82) is 0 Å². The van der Waals surface area contributed by atoms with Crippen LogP contribution in [0.2, 0.25) is 0 Å². The van der Waals surface area contributed by atoms with Crippen LogP contribution in [-0.4, -0.2) is 79.7 Å². The zero-order valence-corrected chi connectivity index (χ0v) is 20.5. The predicted octanol–water partition coefficient (Wildman–Crippen LogP) is 3.38. The average Bonchev–Trinajstić information content (AvgIpc) is 3.16. The van der Waals surface area contributed by atoms with E-state index in [4.69, 9.17) is 14.2 Å². The van der Waals surface area contributed by atoms with E-state index in [9.17, 15) is 19.1 Å². The van der Waals surface area contributed by atoms with E-state index < -0.39 is 23.5 Å². The molecule has 36 heavy (non-hydrogen) atoms. The van der Waals surface area contributed by atoms with Gasteiger partial charge < -0.3 is 24.2 Å². The molecular weight excluding hydrogens is 467 g/mol. The van der Waals surface area contributed by atoms with Gasteiger partial charge in [0.15, 0.2) is 11.5 Å². The molecular formula is C27H31FN2O6. The maximum absolute atomic E-state index is 13.5. The highest BCUT2D eigenvalue weighted by Gasteiger charge is 2.46. The Morgan fingerprint density at radius 3 is 2.47 bits per heavy atom. The first-order valence-corrected chi connectivity index (χ1v) is 12.1. The summed E-state index contributed by atoms with van der Waals surface area (Å²) in [4.78, 5) is 30.1. The lowest BCUT2D eigenvalue weighted by Gasteiger charge is -2.31. The summed E-state index contributed by atoms with van der Waals surface area (Å²) in [5, 5.41) is 11.1. The normalized spacial score (nSPS) is 20.1. The largest absolute Gasteiger partial charge is 0.507 e. The second kappa shape index (κ2) is 11.5. The first-order chi connectivity index (χ1) is 17.4. The van der Waals surface area contributed by atoms with Gasteiger partial charge in [0.25, 0.3) is 11.7 Å². The maximum Gasteiger partial charge on any atom is 0.295 e. The van der Waals surface area contributed by atoms with Crippen molar-refractivity contribution in [3.8, 4) is 11.5 Å². The fraction of sp³-hybridized carbons (Fsp3) is 0.407. The van der Waals surface area contributed by atoms with Gasteiger partial charge in [0.05, 0.1) is 38.5 Å². The number of ether oxygens (including phenoxy) is 3. The van der Waals surface area contributed by atoms with Crippen molar-refractivity contribution in [1.82, 2.24) is 9.80 Å². The number of morpholine rings is 1. The maximum atomic E-state index is 13.5. The predicted molar refractivity (Wildman–Crippen MR) is 131 cm³/mol. The molecule has 2 fully saturated rings. The molecule has 2 aromatic carbocycles. The van der Waals surface area contributed by atoms with Crippen molar-refractivity contribution in [2.75, 3.05) is 53.1 Å². The van der Waals surface area contributed by atoms with Crippen LogP contribution in [0.4, 0.5) is 4.39 Å². The fourth-order valence-corrected chi connectivity index (χ4v) is 4.48. The van der Waals surface area contributed by atoms with Crippen LogP contribution in [0.3, 0.4) is 0 Å². The van der Waals surface area contributed by atoms with Crippen molar-refractivity contribution in [2.24, 2.45) is 0 Å². The highest BCUT2D eigenvalue weighted by atomic mass is 19.1. The molecule has 0 bridgehead atoms. The van der Waals surface area contributed by atoms with Gasteiger partial charge in [-0.05, 0) is 48.4 Å². The van der Waals surface area contributed by atoms with E-state index in [2.05, 4.69) is 4.90 Å². The standard InChI is InChI=1S/C27H31FN2O6/c1-3-14-36-21-9-6-19(17-22(21)34-2)24-23(25(31)18-4-7-20(28)8-5-18)26(32)27(33)30(24)11-10-29-12-15-35-16-13-29/h4-9,17,24,31H,3,10-16H2,1-2H3/b25-23+/t24-/m0/s1. The molecule has 0 saturated carbocycles. The number of rotatable bonds is 9. The number of benzene rings is 2. The molecule has 0 radical (unpaired) electrons. The molecule has 1 N–H and O–H groups in total. The average molecular weight is 499 g/mol. The molecule has 2 aliphatic heterocycles. The van der Waals surface area contributed by atoms with Crippen LogP contribution in [-0.2, 0) is 14.3 Å². The molecule has 0 unspecified atom stereocenters. The SMILES string of the molecule is CCCOc1ccc([C@H]2/C(=C(\O)c3ccc(F)cc3)C(=O)C(=O)N2CCN2CCOCC2)cc1OC. The third-order valence-electron chi connectivity index (χ3n) is 6.38. The molecule has 0 aromatic heterocycles. The Kier molecular flexibility index (Phi) is 8.22. The number of halogens is 1. The van der Waals surface area contributed by atoms with E-state index in [0.29, 0.717) is 43.4 Å². The lowest BCUT2D eigenvalue weighted by molar-refractivity contribution is -0.140. The number of ketones is 1. The molecule has 1 amide bonds. The fourth-order valence-electron chi connectivity index (χ4n) is 4.48. The summed E-state index contributed by atoms with van der Waals surface area (Å²) in [6, 6.07) is 9.54. The summed E-state index contributed by atoms with van der Waals surface area (Å²) in [6.45, 7) is 6.05. The highest BCUT2D eigenvalue weighted by Crippen LogP contribution is 2.42. The quantitative estimate of drug-likeness (QED) is 0.322. The van der Waals surface area contributed by atoms with Crippen LogP contribution in [0.15, 0.2) is 48.0 Å². The second-order valence-corrected chi connectivity index (χ2v) is 8.71. The molecule has 0 aliphatic carbocycles. The van der Waals surface area contributed by atoms with Gasteiger partial charge in [-0.3, -0.25) is 14.5 Å². The van der Waals surface area contributed by atoms with Crippen LogP contribution < -0.4 is 9.47 Å². The van der Waals surface area contributed by atoms with Gasteiger partial charge in [0, 0.05) is 31.7 Å². The van der Waals surface area contributed by atoms with E-state index in [1.807, 2.05) is 6.92 Å². The van der Waals surface area contributed by atoms with Gasteiger partial charge in [-0.2, -0.15) is 0 Å². The Hall–Kier alpha value is -3.43. The van der Waals surface area contributed by atoms with Crippen LogP contribution in [0.5, 0.6) is 11.5 Å². The van der Waals surface area contributed by atoms with E-state index in [1.54, 1.807) is 18.2 Å². The summed E-state index contributed by atoms with van der Waals surface area (Å²) in [6.07, 6.45) is 0.824. The number of carbonyl (C=O) groups excluding carboxylic acids is 2. The molecule has 2 aliphatic rings. The van der Waals surface area contributed by atoms with Gasteiger partial charge in [-0.1, -0.05) is 13.0 Å². The first kappa shape index (κ1) is 25.7. The van der Waals surface area contributed by atoms with Crippen molar-refractivity contribution in [3.05, 3.63) is 65.0 Å². The number of amides is 1. The Morgan fingerprint density at radius 2 is 1.81 bits per heavy atom. The lowest BCUT2D eigenvalue weighted by atomic mass is 9.95. The van der Waals surface area contributed by atoms with E-state index in [-0.39, 0.29) is 23.4 Å². The number of hydrogen-bond acceptors (Lipinski definition) is 7. The molecule has 9 heteroatoms. The minimum absolute atomic E-state index is 0.0436. The van der Waals surface area contributed by atoms with Gasteiger partial charge >= 0.3 is 0 Å². The molecule has 1 atom stereocenters. The molecule has 192 valence electrons. The van der Waals surface area contributed by atoms with Crippen molar-refractivity contribution >= 4 is 17.4 Å². The summed E-state index contributed by atoms with van der Waals surface area (Å²) >= 11 is 0. The van der Waals surface area contributed by atoms with Crippen LogP contribution in [0, 0.1) is 5.82 Å². The number of hydrogen-bond donors (Lipinski definition) is 1. The molecule has 2 aromatic rings. The number of likely N-dealkylation sites (tertiary alicyclic amines) is 1. The van der Waals surface area contributed by atoms with Crippen molar-refractivity contribution < 1.29 is 33.3 Å². The van der Waals surface area contributed by atoms with Gasteiger partial charge in [0.1, 0.15) is 11.6 Å². The highest BCUT2D eigenvalue weighted by molar-refractivity contribution is 6.46. The van der Waals surface area contributed by atoms with Gasteiger partial charge in [0.2, 0.25) is 0 Å². The summed E-state index contributed by atoms with van der Waals surface area (Å²) in [7, 11) is 1.52. The van der Waals surface area contributed by atoms with Crippen LogP contribution in [0.1, 0.15) is 30.5 Å². The smallest absolute Gasteiger partial charge is 0.295 e. The number of carbonyl (C=O) groups is 2. The number of aliphatic hydroxyl groups excluding tert-OH is 1. The summed E-state index contributed by atoms with van der Waals surface area (Å²) in [5.41, 5.74) is 0.806.